The van der Waals surface area contributed by atoms with Gasteiger partial charge < -0.3 is 19.5 Å². The summed E-state index contributed by atoms with van der Waals surface area (Å²) in [5.74, 6) is 2.86. The lowest BCUT2D eigenvalue weighted by atomic mass is 9.72. The van der Waals surface area contributed by atoms with Crippen molar-refractivity contribution in [2.45, 2.75) is 57.7 Å². The van der Waals surface area contributed by atoms with Crippen LogP contribution in [0.1, 0.15) is 63.2 Å². The van der Waals surface area contributed by atoms with Crippen molar-refractivity contribution in [3.8, 4) is 11.2 Å². The highest BCUT2D eigenvalue weighted by Crippen LogP contribution is 2.60. The highest BCUT2D eigenvalue weighted by molar-refractivity contribution is 8.57. The van der Waals surface area contributed by atoms with Gasteiger partial charge in [-0.3, -0.25) is 0 Å². The monoisotopic (exact) mass is 487 g/mol. The molecular weight excluding hydrogens is 453 g/mol. The van der Waals surface area contributed by atoms with E-state index < -0.39 is 12.4 Å². The van der Waals surface area contributed by atoms with E-state index in [1.54, 1.807) is 0 Å². The molecule has 2 aromatic rings. The Hall–Kier alpha value is -1.58. The third kappa shape index (κ3) is 6.96. The molecule has 0 aromatic heterocycles. The fraction of sp³-hybridized carbons (Fsp3) is 0.462. The molecule has 1 aliphatic heterocycles. The molecule has 0 amide bonds. The van der Waals surface area contributed by atoms with Gasteiger partial charge >= 0.3 is 6.80 Å². The first-order chi connectivity index (χ1) is 15.9. The lowest BCUT2D eigenvalue weighted by Crippen LogP contribution is -2.51. The quantitative estimate of drug-likeness (QED) is 0.311. The van der Waals surface area contributed by atoms with Crippen LogP contribution < -0.4 is 5.32 Å². The summed E-state index contributed by atoms with van der Waals surface area (Å²) < 4.78 is 24.1. The summed E-state index contributed by atoms with van der Waals surface area (Å²) in [5, 5.41) is 18.4. The summed E-state index contributed by atoms with van der Waals surface area (Å²) in [5.41, 5.74) is 0.919. The van der Waals surface area contributed by atoms with Gasteiger partial charge in [-0.15, -0.1) is 0 Å². The van der Waals surface area contributed by atoms with Crippen LogP contribution in [0.3, 0.4) is 0 Å². The lowest BCUT2D eigenvalue weighted by molar-refractivity contribution is -0.0196. The second kappa shape index (κ2) is 12.2. The summed E-state index contributed by atoms with van der Waals surface area (Å²) in [6.45, 7) is 3.19. The molecule has 1 heterocycles. The molecule has 4 atom stereocenters. The summed E-state index contributed by atoms with van der Waals surface area (Å²) in [7, 11) is 0. The van der Waals surface area contributed by atoms with E-state index in [-0.39, 0.29) is 18.0 Å². The molecule has 5 nitrogen and oxygen atoms in total. The predicted octanol–water partition coefficient (Wildman–Crippen LogP) is 6.48. The fourth-order valence-corrected chi connectivity index (χ4v) is 6.53. The Labute approximate surface area is 201 Å². The minimum Gasteiger partial charge on any atom is -0.377 e. The van der Waals surface area contributed by atoms with Crippen molar-refractivity contribution in [1.29, 1.82) is 0 Å². The van der Waals surface area contributed by atoms with E-state index in [0.29, 0.717) is 19.6 Å². The smallest absolute Gasteiger partial charge is 0.377 e. The van der Waals surface area contributed by atoms with Crippen molar-refractivity contribution >= 4 is 18.2 Å². The topological polar surface area (TPSA) is 67.8 Å². The van der Waals surface area contributed by atoms with Crippen LogP contribution >= 0.6 is 18.2 Å². The predicted molar refractivity (Wildman–Crippen MR) is 136 cm³/mol. The van der Waals surface area contributed by atoms with Gasteiger partial charge in [0.1, 0.15) is 5.60 Å². The van der Waals surface area contributed by atoms with E-state index in [1.165, 1.54) is 0 Å². The second-order valence-corrected chi connectivity index (χ2v) is 12.1. The molecule has 1 aliphatic rings. The summed E-state index contributed by atoms with van der Waals surface area (Å²) >= 11 is 0.862. The van der Waals surface area contributed by atoms with E-state index in [0.717, 1.165) is 35.4 Å². The van der Waals surface area contributed by atoms with Crippen LogP contribution in [-0.2, 0) is 13.6 Å². The van der Waals surface area contributed by atoms with Gasteiger partial charge in [0.2, 0.25) is 0 Å². The van der Waals surface area contributed by atoms with Crippen LogP contribution in [0.25, 0.3) is 0 Å². The van der Waals surface area contributed by atoms with Gasteiger partial charge in [0, 0.05) is 35.8 Å². The first kappa shape index (κ1) is 26.0. The average Bonchev–Trinajstić information content (AvgIpc) is 2.84. The molecule has 2 N–H and O–H groups in total. The van der Waals surface area contributed by atoms with Gasteiger partial charge in [-0.1, -0.05) is 87.4 Å². The standard InChI is InChI=1S/C26H34NO4PS/c1-4-17-30-32(29,31-18-5-2)33-19-16-26(28)20-24(22-12-8-6-9-13-22)27-25(21(26)3)23-14-10-7-11-15-23/h6-15,21,24-25,27-28H,4-5,17-18,20H2,1-3H3/t21-,24-,25+,26-/m1/s1. The Morgan fingerprint density at radius 2 is 1.58 bits per heavy atom. The van der Waals surface area contributed by atoms with Crippen LogP contribution in [0.2, 0.25) is 0 Å². The highest BCUT2D eigenvalue weighted by Gasteiger charge is 2.45. The summed E-state index contributed by atoms with van der Waals surface area (Å²) in [4.78, 5) is 0. The normalized spacial score (nSPS) is 25.3. The molecule has 0 unspecified atom stereocenters. The number of hydrogen-bond acceptors (Lipinski definition) is 6. The molecular formula is C26H34NO4PS. The van der Waals surface area contributed by atoms with Crippen LogP contribution in [0.5, 0.6) is 0 Å². The Morgan fingerprint density at radius 1 is 1.03 bits per heavy atom. The van der Waals surface area contributed by atoms with Crippen molar-refractivity contribution < 1.29 is 18.7 Å². The maximum Gasteiger partial charge on any atom is 0.401 e. The Balaban J connectivity index is 1.89. The summed E-state index contributed by atoms with van der Waals surface area (Å²) in [6, 6.07) is 20.1. The molecule has 0 bridgehead atoms. The van der Waals surface area contributed by atoms with Crippen LogP contribution in [0.4, 0.5) is 0 Å². The van der Waals surface area contributed by atoms with Crippen molar-refractivity contribution in [3.05, 3.63) is 71.8 Å². The molecule has 1 saturated heterocycles. The Morgan fingerprint density at radius 3 is 2.12 bits per heavy atom. The Kier molecular flexibility index (Phi) is 9.64. The van der Waals surface area contributed by atoms with E-state index in [9.17, 15) is 9.67 Å². The maximum atomic E-state index is 13.1. The minimum absolute atomic E-state index is 0.0728. The van der Waals surface area contributed by atoms with Crippen molar-refractivity contribution in [2.24, 2.45) is 5.92 Å². The summed E-state index contributed by atoms with van der Waals surface area (Å²) in [6.07, 6.45) is 1.89. The number of aliphatic hydroxyl groups is 1. The zero-order valence-electron chi connectivity index (χ0n) is 19.6. The van der Waals surface area contributed by atoms with Gasteiger partial charge in [0.15, 0.2) is 0 Å². The largest absolute Gasteiger partial charge is 0.401 e. The van der Waals surface area contributed by atoms with Gasteiger partial charge in [0.25, 0.3) is 0 Å². The molecule has 1 fully saturated rings. The van der Waals surface area contributed by atoms with Gasteiger partial charge in [-0.2, -0.15) is 0 Å². The number of rotatable bonds is 9. The van der Waals surface area contributed by atoms with Crippen LogP contribution in [0, 0.1) is 17.1 Å². The Bertz CT molecular complexity index is 966. The number of piperidine rings is 1. The zero-order valence-corrected chi connectivity index (χ0v) is 21.3. The van der Waals surface area contributed by atoms with E-state index >= 15 is 0 Å². The van der Waals surface area contributed by atoms with Crippen molar-refractivity contribution in [3.63, 3.8) is 0 Å². The second-order valence-electron chi connectivity index (χ2n) is 8.37. The maximum absolute atomic E-state index is 13.1. The number of benzene rings is 2. The zero-order chi connectivity index (χ0) is 23.7. The molecule has 0 saturated carbocycles. The minimum atomic E-state index is -3.40. The third-order valence-electron chi connectivity index (χ3n) is 5.84. The molecule has 0 spiro atoms. The molecule has 178 valence electrons. The number of hydrogen-bond donors (Lipinski definition) is 2. The highest BCUT2D eigenvalue weighted by atomic mass is 32.7. The van der Waals surface area contributed by atoms with Gasteiger partial charge in [0.05, 0.1) is 13.2 Å². The van der Waals surface area contributed by atoms with E-state index in [1.807, 2.05) is 57.2 Å². The molecule has 0 aliphatic carbocycles. The molecule has 3 rings (SSSR count). The SMILES string of the molecule is CCCOP(=O)(OCCC)SC#C[C@@]1(O)C[C@H](c2ccccc2)N[C@H](c2ccccc2)[C@H]1C. The molecule has 33 heavy (non-hydrogen) atoms. The molecule has 0 radical (unpaired) electrons. The third-order valence-corrected chi connectivity index (χ3v) is 8.83. The fourth-order valence-electron chi connectivity index (χ4n) is 3.97. The van der Waals surface area contributed by atoms with Crippen molar-refractivity contribution in [1.82, 2.24) is 5.32 Å². The van der Waals surface area contributed by atoms with Gasteiger partial charge in [-0.25, -0.2) is 4.57 Å². The van der Waals surface area contributed by atoms with Gasteiger partial charge in [-0.05, 0) is 29.2 Å². The average molecular weight is 488 g/mol. The van der Waals surface area contributed by atoms with Crippen LogP contribution in [0.15, 0.2) is 60.7 Å². The van der Waals surface area contributed by atoms with Crippen molar-refractivity contribution in [2.75, 3.05) is 13.2 Å². The lowest BCUT2D eigenvalue weighted by Gasteiger charge is -2.45. The number of nitrogens with one attached hydrogen (secondary N) is 1. The first-order valence-electron chi connectivity index (χ1n) is 11.6. The first-order valence-corrected chi connectivity index (χ1v) is 14.6. The van der Waals surface area contributed by atoms with E-state index in [4.69, 9.17) is 9.05 Å². The van der Waals surface area contributed by atoms with Crippen LogP contribution in [-0.4, -0.2) is 23.9 Å². The van der Waals surface area contributed by atoms with E-state index in [2.05, 4.69) is 40.8 Å². The molecule has 7 heteroatoms. The molecule has 2 aromatic carbocycles.